The van der Waals surface area contributed by atoms with Crippen LogP contribution in [0, 0.1) is 0 Å². The standard InChI is InChI=1S/C15H19ClN4O2S2/c16-13-3-1-12(2-4-13)9-15-18-14(11-23-15)10-19-5-7-20(8-6-19)24(17,21)22/h1-4,11H,5-10H2,(H2,17,21,22). The number of nitrogens with two attached hydrogens (primary N) is 1. The van der Waals surface area contributed by atoms with Crippen molar-refractivity contribution < 1.29 is 8.42 Å². The maximum atomic E-state index is 11.3. The van der Waals surface area contributed by atoms with E-state index in [1.807, 2.05) is 24.3 Å². The van der Waals surface area contributed by atoms with Crippen LogP contribution in [0.3, 0.4) is 0 Å². The Morgan fingerprint density at radius 2 is 1.83 bits per heavy atom. The van der Waals surface area contributed by atoms with E-state index in [2.05, 4.69) is 15.3 Å². The van der Waals surface area contributed by atoms with Gasteiger partial charge in [0.25, 0.3) is 10.2 Å². The Hall–Kier alpha value is -1.03. The molecule has 2 aromatic rings. The Morgan fingerprint density at radius 1 is 1.17 bits per heavy atom. The van der Waals surface area contributed by atoms with Gasteiger partial charge in [-0.1, -0.05) is 23.7 Å². The zero-order valence-electron chi connectivity index (χ0n) is 13.1. The first kappa shape index (κ1) is 17.8. The highest BCUT2D eigenvalue weighted by atomic mass is 35.5. The molecule has 2 heterocycles. The van der Waals surface area contributed by atoms with Gasteiger partial charge in [-0.15, -0.1) is 11.3 Å². The molecule has 0 radical (unpaired) electrons. The lowest BCUT2D eigenvalue weighted by Gasteiger charge is -2.32. The van der Waals surface area contributed by atoms with Gasteiger partial charge in [0.1, 0.15) is 0 Å². The SMILES string of the molecule is NS(=O)(=O)N1CCN(Cc2csc(Cc3ccc(Cl)cc3)n2)CC1. The number of piperazine rings is 1. The van der Waals surface area contributed by atoms with Crippen LogP contribution in [0.4, 0.5) is 0 Å². The van der Waals surface area contributed by atoms with Gasteiger partial charge < -0.3 is 0 Å². The summed E-state index contributed by atoms with van der Waals surface area (Å²) in [6.45, 7) is 2.93. The van der Waals surface area contributed by atoms with Crippen molar-refractivity contribution in [2.45, 2.75) is 13.0 Å². The summed E-state index contributed by atoms with van der Waals surface area (Å²) in [7, 11) is -3.57. The molecule has 0 saturated carbocycles. The minimum Gasteiger partial charge on any atom is -0.295 e. The fourth-order valence-electron chi connectivity index (χ4n) is 2.65. The smallest absolute Gasteiger partial charge is 0.276 e. The molecule has 1 saturated heterocycles. The van der Waals surface area contributed by atoms with Gasteiger partial charge in [0.15, 0.2) is 0 Å². The van der Waals surface area contributed by atoms with Crippen LogP contribution in [0.1, 0.15) is 16.3 Å². The van der Waals surface area contributed by atoms with Crippen LogP contribution in [-0.2, 0) is 23.2 Å². The Kier molecular flexibility index (Phi) is 5.53. The Labute approximate surface area is 151 Å². The Bertz CT molecular complexity index is 784. The van der Waals surface area contributed by atoms with Crippen molar-refractivity contribution in [3.8, 4) is 0 Å². The van der Waals surface area contributed by atoms with Gasteiger partial charge in [-0.05, 0) is 17.7 Å². The molecule has 0 bridgehead atoms. The second kappa shape index (κ2) is 7.47. The predicted octanol–water partition coefficient (Wildman–Crippen LogP) is 1.71. The number of rotatable bonds is 5. The fraction of sp³-hybridized carbons (Fsp3) is 0.400. The second-order valence-corrected chi connectivity index (χ2v) is 8.68. The molecule has 9 heteroatoms. The van der Waals surface area contributed by atoms with E-state index in [1.54, 1.807) is 11.3 Å². The normalized spacial score (nSPS) is 17.2. The summed E-state index contributed by atoms with van der Waals surface area (Å²) in [4.78, 5) is 6.87. The average Bonchev–Trinajstić information content (AvgIpc) is 2.96. The summed E-state index contributed by atoms with van der Waals surface area (Å²) in [6.07, 6.45) is 0.793. The van der Waals surface area contributed by atoms with E-state index in [9.17, 15) is 8.42 Å². The van der Waals surface area contributed by atoms with Crippen LogP contribution in [-0.4, -0.2) is 48.8 Å². The van der Waals surface area contributed by atoms with Gasteiger partial charge in [-0.25, -0.2) is 10.1 Å². The van der Waals surface area contributed by atoms with Gasteiger partial charge >= 0.3 is 0 Å². The van der Waals surface area contributed by atoms with E-state index in [1.165, 1.54) is 9.87 Å². The van der Waals surface area contributed by atoms with Gasteiger partial charge in [0.2, 0.25) is 0 Å². The highest BCUT2D eigenvalue weighted by Gasteiger charge is 2.24. The molecule has 0 aliphatic carbocycles. The summed E-state index contributed by atoms with van der Waals surface area (Å²) in [6, 6.07) is 7.79. The van der Waals surface area contributed by atoms with E-state index in [4.69, 9.17) is 16.7 Å². The minimum atomic E-state index is -3.57. The first-order valence-electron chi connectivity index (χ1n) is 7.58. The minimum absolute atomic E-state index is 0.431. The quantitative estimate of drug-likeness (QED) is 0.848. The number of halogens is 1. The molecule has 0 amide bonds. The molecule has 24 heavy (non-hydrogen) atoms. The molecule has 0 spiro atoms. The Morgan fingerprint density at radius 3 is 2.46 bits per heavy atom. The van der Waals surface area contributed by atoms with E-state index >= 15 is 0 Å². The number of aromatic nitrogens is 1. The number of thiazole rings is 1. The van der Waals surface area contributed by atoms with Crippen molar-refractivity contribution in [1.82, 2.24) is 14.2 Å². The van der Waals surface area contributed by atoms with Crippen LogP contribution >= 0.6 is 22.9 Å². The molecule has 130 valence electrons. The highest BCUT2D eigenvalue weighted by molar-refractivity contribution is 7.86. The fourth-order valence-corrected chi connectivity index (χ4v) is 4.27. The number of hydrogen-bond acceptors (Lipinski definition) is 5. The predicted molar refractivity (Wildman–Crippen MR) is 96.3 cm³/mol. The average molecular weight is 387 g/mol. The van der Waals surface area contributed by atoms with Crippen LogP contribution < -0.4 is 5.14 Å². The van der Waals surface area contributed by atoms with E-state index < -0.39 is 10.2 Å². The Balaban J connectivity index is 1.54. The largest absolute Gasteiger partial charge is 0.295 e. The zero-order chi connectivity index (χ0) is 17.2. The van der Waals surface area contributed by atoms with E-state index in [0.29, 0.717) is 26.2 Å². The lowest BCUT2D eigenvalue weighted by atomic mass is 10.2. The van der Waals surface area contributed by atoms with E-state index in [0.717, 1.165) is 28.7 Å². The highest BCUT2D eigenvalue weighted by Crippen LogP contribution is 2.18. The third-order valence-electron chi connectivity index (χ3n) is 3.94. The topological polar surface area (TPSA) is 79.5 Å². The van der Waals surface area contributed by atoms with Gasteiger partial charge in [0.05, 0.1) is 10.7 Å². The summed E-state index contributed by atoms with van der Waals surface area (Å²) in [5, 5.41) is 9.02. The second-order valence-electron chi connectivity index (χ2n) is 5.76. The van der Waals surface area contributed by atoms with Crippen molar-refractivity contribution in [2.75, 3.05) is 26.2 Å². The lowest BCUT2D eigenvalue weighted by molar-refractivity contribution is 0.180. The maximum absolute atomic E-state index is 11.3. The zero-order valence-corrected chi connectivity index (χ0v) is 15.4. The third kappa shape index (κ3) is 4.75. The molecule has 0 atom stereocenters. The maximum Gasteiger partial charge on any atom is 0.276 e. The molecule has 1 fully saturated rings. The van der Waals surface area contributed by atoms with Crippen LogP contribution in [0.15, 0.2) is 29.6 Å². The molecule has 1 aliphatic heterocycles. The first-order chi connectivity index (χ1) is 11.4. The third-order valence-corrected chi connectivity index (χ3v) is 6.18. The van der Waals surface area contributed by atoms with Gasteiger partial charge in [-0.2, -0.15) is 12.7 Å². The first-order valence-corrected chi connectivity index (χ1v) is 10.3. The molecule has 0 unspecified atom stereocenters. The number of nitrogens with zero attached hydrogens (tertiary/aromatic N) is 3. The van der Waals surface area contributed by atoms with Gasteiger partial charge in [-0.3, -0.25) is 4.90 Å². The van der Waals surface area contributed by atoms with Crippen molar-refractivity contribution in [3.05, 3.63) is 50.9 Å². The van der Waals surface area contributed by atoms with Crippen LogP contribution in [0.25, 0.3) is 0 Å². The van der Waals surface area contributed by atoms with Crippen molar-refractivity contribution >= 4 is 33.1 Å². The molecule has 2 N–H and O–H groups in total. The van der Waals surface area contributed by atoms with Crippen molar-refractivity contribution in [2.24, 2.45) is 5.14 Å². The molecule has 6 nitrogen and oxygen atoms in total. The summed E-state index contributed by atoms with van der Waals surface area (Å²) in [5.41, 5.74) is 2.20. The molecule has 1 aromatic heterocycles. The lowest BCUT2D eigenvalue weighted by Crippen LogP contribution is -2.50. The number of hydrogen-bond donors (Lipinski definition) is 1. The van der Waals surface area contributed by atoms with Crippen molar-refractivity contribution in [3.63, 3.8) is 0 Å². The van der Waals surface area contributed by atoms with Crippen LogP contribution in [0.2, 0.25) is 5.02 Å². The molecule has 1 aromatic carbocycles. The summed E-state index contributed by atoms with van der Waals surface area (Å²) < 4.78 is 23.9. The summed E-state index contributed by atoms with van der Waals surface area (Å²) >= 11 is 7.54. The molecule has 3 rings (SSSR count). The van der Waals surface area contributed by atoms with Gasteiger partial charge in [0, 0.05) is 49.5 Å². The molecular formula is C15H19ClN4O2S2. The van der Waals surface area contributed by atoms with Crippen molar-refractivity contribution in [1.29, 1.82) is 0 Å². The molecule has 1 aliphatic rings. The summed E-state index contributed by atoms with van der Waals surface area (Å²) in [5.74, 6) is 0. The van der Waals surface area contributed by atoms with Crippen LogP contribution in [0.5, 0.6) is 0 Å². The number of benzene rings is 1. The van der Waals surface area contributed by atoms with E-state index in [-0.39, 0.29) is 0 Å². The monoisotopic (exact) mass is 386 g/mol. The molecular weight excluding hydrogens is 368 g/mol.